The van der Waals surface area contributed by atoms with Crippen molar-refractivity contribution in [2.24, 2.45) is 9.98 Å². The Hall–Kier alpha value is -2.28. The van der Waals surface area contributed by atoms with E-state index in [1.54, 1.807) is 0 Å². The molecule has 1 N–H and O–H groups in total. The van der Waals surface area contributed by atoms with Crippen LogP contribution >= 0.6 is 23.2 Å². The maximum absolute atomic E-state index is 6.37. The highest BCUT2D eigenvalue weighted by Crippen LogP contribution is 2.28. The van der Waals surface area contributed by atoms with Crippen molar-refractivity contribution in [3.63, 3.8) is 0 Å². The van der Waals surface area contributed by atoms with Crippen LogP contribution in [0.3, 0.4) is 0 Å². The van der Waals surface area contributed by atoms with Gasteiger partial charge in [0, 0.05) is 26.9 Å². The normalized spacial score (nSPS) is 16.4. The summed E-state index contributed by atoms with van der Waals surface area (Å²) in [6, 6.07) is 13.0. The van der Waals surface area contributed by atoms with Crippen LogP contribution in [0.5, 0.6) is 0 Å². The quantitative estimate of drug-likeness (QED) is 0.780. The summed E-state index contributed by atoms with van der Waals surface area (Å²) < 4.78 is 0. The standard InChI is InChI=1S/C19H15Cl2N3/c1-3-12(2)23-18-11-22-19(14-6-4-5-7-16(14)21)15-10-13(20)8-9-17(15)24-18/h1,4-10,12H,11H2,2H3,(H,23,24). The van der Waals surface area contributed by atoms with E-state index in [-0.39, 0.29) is 6.04 Å². The molecule has 1 aliphatic heterocycles. The molecule has 0 spiro atoms. The van der Waals surface area contributed by atoms with Crippen LogP contribution in [0.15, 0.2) is 52.4 Å². The monoisotopic (exact) mass is 355 g/mol. The first kappa shape index (κ1) is 16.6. The van der Waals surface area contributed by atoms with Gasteiger partial charge < -0.3 is 5.32 Å². The number of rotatable bonds is 2. The van der Waals surface area contributed by atoms with Gasteiger partial charge in [0.25, 0.3) is 0 Å². The van der Waals surface area contributed by atoms with Crippen LogP contribution in [-0.2, 0) is 0 Å². The van der Waals surface area contributed by atoms with Gasteiger partial charge in [-0.05, 0) is 31.2 Å². The Balaban J connectivity index is 2.16. The van der Waals surface area contributed by atoms with Gasteiger partial charge in [-0.15, -0.1) is 6.42 Å². The molecule has 0 amide bonds. The fourth-order valence-corrected chi connectivity index (χ4v) is 2.88. The number of aliphatic imine (C=N–C) groups is 2. The second-order valence-electron chi connectivity index (χ2n) is 5.38. The number of amidine groups is 1. The van der Waals surface area contributed by atoms with E-state index in [0.29, 0.717) is 22.4 Å². The van der Waals surface area contributed by atoms with Crippen molar-refractivity contribution in [3.8, 4) is 12.3 Å². The van der Waals surface area contributed by atoms with Crippen LogP contribution < -0.4 is 5.32 Å². The lowest BCUT2D eigenvalue weighted by Gasteiger charge is -2.12. The molecule has 2 aromatic carbocycles. The van der Waals surface area contributed by atoms with Gasteiger partial charge in [-0.1, -0.05) is 47.3 Å². The van der Waals surface area contributed by atoms with Gasteiger partial charge in [-0.25, -0.2) is 0 Å². The summed E-state index contributed by atoms with van der Waals surface area (Å²) in [5.41, 5.74) is 3.40. The van der Waals surface area contributed by atoms with Gasteiger partial charge in [0.05, 0.1) is 12.3 Å². The summed E-state index contributed by atoms with van der Waals surface area (Å²) in [6.45, 7) is 2.25. The second-order valence-corrected chi connectivity index (χ2v) is 6.22. The van der Waals surface area contributed by atoms with E-state index in [0.717, 1.165) is 22.5 Å². The van der Waals surface area contributed by atoms with E-state index >= 15 is 0 Å². The molecule has 3 rings (SSSR count). The number of nitrogens with zero attached hydrogens (tertiary/aromatic N) is 2. The van der Waals surface area contributed by atoms with E-state index in [1.165, 1.54) is 0 Å². The molecule has 2 aromatic rings. The zero-order valence-corrected chi connectivity index (χ0v) is 14.6. The molecular weight excluding hydrogens is 341 g/mol. The molecule has 0 saturated heterocycles. The Morgan fingerprint density at radius 1 is 1.21 bits per heavy atom. The van der Waals surface area contributed by atoms with Crippen molar-refractivity contribution in [1.82, 2.24) is 0 Å². The number of anilines is 1. The number of terminal acetylenes is 1. The average molecular weight is 356 g/mol. The number of fused-ring (bicyclic) bond motifs is 1. The molecule has 1 atom stereocenters. The summed E-state index contributed by atoms with van der Waals surface area (Å²) in [5.74, 6) is 3.31. The minimum absolute atomic E-state index is 0.222. The molecule has 0 saturated carbocycles. The van der Waals surface area contributed by atoms with Crippen molar-refractivity contribution in [1.29, 1.82) is 0 Å². The van der Waals surface area contributed by atoms with Crippen LogP contribution in [0.25, 0.3) is 0 Å². The molecule has 120 valence electrons. The highest BCUT2D eigenvalue weighted by atomic mass is 35.5. The van der Waals surface area contributed by atoms with E-state index in [1.807, 2.05) is 49.4 Å². The third kappa shape index (κ3) is 3.46. The van der Waals surface area contributed by atoms with Crippen LogP contribution in [0.1, 0.15) is 18.1 Å². The molecule has 0 aliphatic carbocycles. The lowest BCUT2D eigenvalue weighted by atomic mass is 10.0. The van der Waals surface area contributed by atoms with E-state index < -0.39 is 0 Å². The zero-order valence-electron chi connectivity index (χ0n) is 13.1. The Kier molecular flexibility index (Phi) is 4.89. The average Bonchev–Trinajstić information content (AvgIpc) is 2.74. The Bertz CT molecular complexity index is 878. The molecular formula is C19H15Cl2N3. The van der Waals surface area contributed by atoms with Crippen molar-refractivity contribution in [2.45, 2.75) is 13.0 Å². The summed E-state index contributed by atoms with van der Waals surface area (Å²) >= 11 is 12.6. The first-order chi connectivity index (χ1) is 11.6. The molecule has 1 heterocycles. The molecule has 0 radical (unpaired) electrons. The summed E-state index contributed by atoms with van der Waals surface area (Å²) in [6.07, 6.45) is 5.43. The Morgan fingerprint density at radius 2 is 2.00 bits per heavy atom. The van der Waals surface area contributed by atoms with Crippen LogP contribution in [0.4, 0.5) is 5.69 Å². The topological polar surface area (TPSA) is 36.8 Å². The van der Waals surface area contributed by atoms with Gasteiger partial charge >= 0.3 is 0 Å². The molecule has 0 fully saturated rings. The van der Waals surface area contributed by atoms with Crippen molar-refractivity contribution in [2.75, 3.05) is 11.9 Å². The van der Waals surface area contributed by atoms with Gasteiger partial charge in [0.2, 0.25) is 0 Å². The van der Waals surface area contributed by atoms with Gasteiger partial charge in [0.15, 0.2) is 0 Å². The van der Waals surface area contributed by atoms with E-state index in [9.17, 15) is 0 Å². The fraction of sp³-hybridized carbons (Fsp3) is 0.158. The van der Waals surface area contributed by atoms with Crippen LogP contribution in [-0.4, -0.2) is 24.1 Å². The van der Waals surface area contributed by atoms with E-state index in [2.05, 4.69) is 16.2 Å². The minimum atomic E-state index is -0.222. The molecule has 0 aromatic heterocycles. The van der Waals surface area contributed by atoms with Gasteiger partial charge in [-0.3, -0.25) is 9.98 Å². The largest absolute Gasteiger partial charge is 0.342 e. The number of benzodiazepines with no additional fused rings is 1. The molecule has 24 heavy (non-hydrogen) atoms. The SMILES string of the molecule is C#CC(C)N=C1CN=C(c2ccccc2Cl)c2cc(Cl)ccc2N1. The number of halogens is 2. The maximum atomic E-state index is 6.37. The van der Waals surface area contributed by atoms with Gasteiger partial charge in [-0.2, -0.15) is 0 Å². The summed E-state index contributed by atoms with van der Waals surface area (Å²) in [5, 5.41) is 4.58. The Morgan fingerprint density at radius 3 is 2.75 bits per heavy atom. The third-order valence-corrected chi connectivity index (χ3v) is 4.19. The minimum Gasteiger partial charge on any atom is -0.342 e. The smallest absolute Gasteiger partial charge is 0.124 e. The number of benzene rings is 2. The van der Waals surface area contributed by atoms with Crippen LogP contribution in [0.2, 0.25) is 10.0 Å². The fourth-order valence-electron chi connectivity index (χ4n) is 2.48. The lowest BCUT2D eigenvalue weighted by Crippen LogP contribution is -2.17. The molecule has 1 unspecified atom stereocenters. The van der Waals surface area contributed by atoms with Crippen molar-refractivity contribution >= 4 is 40.4 Å². The number of hydrogen-bond donors (Lipinski definition) is 1. The van der Waals surface area contributed by atoms with Gasteiger partial charge in [0.1, 0.15) is 11.9 Å². The predicted molar refractivity (Wildman–Crippen MR) is 103 cm³/mol. The predicted octanol–water partition coefficient (Wildman–Crippen LogP) is 4.68. The van der Waals surface area contributed by atoms with Crippen molar-refractivity contribution < 1.29 is 0 Å². The Labute approximate surface area is 151 Å². The molecule has 0 bridgehead atoms. The highest BCUT2D eigenvalue weighted by Gasteiger charge is 2.19. The molecule has 3 nitrogen and oxygen atoms in total. The summed E-state index contributed by atoms with van der Waals surface area (Å²) in [7, 11) is 0. The number of nitrogens with one attached hydrogen (secondary N) is 1. The third-order valence-electron chi connectivity index (χ3n) is 3.62. The lowest BCUT2D eigenvalue weighted by molar-refractivity contribution is 0.952. The summed E-state index contributed by atoms with van der Waals surface area (Å²) in [4.78, 5) is 9.20. The van der Waals surface area contributed by atoms with Crippen LogP contribution in [0, 0.1) is 12.3 Å². The number of hydrogen-bond acceptors (Lipinski definition) is 2. The first-order valence-corrected chi connectivity index (χ1v) is 8.23. The highest BCUT2D eigenvalue weighted by molar-refractivity contribution is 6.36. The zero-order chi connectivity index (χ0) is 17.1. The molecule has 5 heteroatoms. The molecule has 1 aliphatic rings. The second kappa shape index (κ2) is 7.09. The van der Waals surface area contributed by atoms with Crippen molar-refractivity contribution in [3.05, 3.63) is 63.6 Å². The maximum Gasteiger partial charge on any atom is 0.124 e. The first-order valence-electron chi connectivity index (χ1n) is 7.47. The van der Waals surface area contributed by atoms with E-state index in [4.69, 9.17) is 34.6 Å².